The summed E-state index contributed by atoms with van der Waals surface area (Å²) >= 11 is 0. The Hall–Kier alpha value is -14.1. The van der Waals surface area contributed by atoms with Crippen LogP contribution in [0.25, 0.3) is 151 Å². The van der Waals surface area contributed by atoms with E-state index in [1.54, 1.807) is 78.9 Å². The molecular formula is C77H36N12. The second-order valence-corrected chi connectivity index (χ2v) is 21.2. The third kappa shape index (κ3) is 9.47. The summed E-state index contributed by atoms with van der Waals surface area (Å²) in [4.78, 5) is 22.7. The Labute approximate surface area is 511 Å². The van der Waals surface area contributed by atoms with Gasteiger partial charge < -0.3 is 9.13 Å². The molecule has 0 radical (unpaired) electrons. The smallest absolute Gasteiger partial charge is 0.195 e. The molecule has 0 amide bonds. The highest BCUT2D eigenvalue weighted by molar-refractivity contribution is 6.14. The van der Waals surface area contributed by atoms with Crippen LogP contribution in [0, 0.1) is 91.7 Å². The lowest BCUT2D eigenvalue weighted by molar-refractivity contribution is 1.17. The molecule has 13 rings (SSSR count). The van der Waals surface area contributed by atoms with Crippen LogP contribution in [0.3, 0.4) is 0 Å². The van der Waals surface area contributed by atoms with Gasteiger partial charge in [-0.15, -0.1) is 0 Å². The van der Waals surface area contributed by atoms with E-state index in [0.29, 0.717) is 101 Å². The lowest BCUT2D eigenvalue weighted by Crippen LogP contribution is -2.00. The average Bonchev–Trinajstić information content (AvgIpc) is 1.63. The van der Waals surface area contributed by atoms with Crippen molar-refractivity contribution in [2.75, 3.05) is 0 Å². The van der Waals surface area contributed by atoms with Crippen molar-refractivity contribution in [3.05, 3.63) is 297 Å². The average molecular weight is 1130 g/mol. The molecule has 0 atom stereocenters. The van der Waals surface area contributed by atoms with E-state index in [-0.39, 0.29) is 0 Å². The first-order valence-corrected chi connectivity index (χ1v) is 27.5. The summed E-state index contributed by atoms with van der Waals surface area (Å²) in [6, 6.07) is 70.7. The summed E-state index contributed by atoms with van der Waals surface area (Å²) in [5, 5.41) is 43.4. The van der Waals surface area contributed by atoms with Crippen molar-refractivity contribution in [2.24, 2.45) is 0 Å². The highest BCUT2D eigenvalue weighted by Gasteiger charge is 2.24. The molecule has 0 aliphatic carbocycles. The minimum atomic E-state index is 0.321. The van der Waals surface area contributed by atoms with E-state index in [1.807, 2.05) is 122 Å². The predicted octanol–water partition coefficient (Wildman–Crippen LogP) is 21.0. The maximum atomic E-state index is 10.0. The van der Waals surface area contributed by atoms with E-state index in [0.717, 1.165) is 82.7 Å². The molecule has 12 nitrogen and oxygen atoms in total. The fraction of sp³-hybridized carbons (Fsp3) is 0.0130. The monoisotopic (exact) mass is 1130 g/mol. The van der Waals surface area contributed by atoms with E-state index in [1.165, 1.54) is 0 Å². The van der Waals surface area contributed by atoms with E-state index in [9.17, 15) is 21.0 Å². The van der Waals surface area contributed by atoms with Gasteiger partial charge in [0.2, 0.25) is 0 Å². The molecule has 0 fully saturated rings. The van der Waals surface area contributed by atoms with Crippen molar-refractivity contribution in [3.63, 3.8) is 0 Å². The van der Waals surface area contributed by atoms with Crippen molar-refractivity contribution in [2.45, 2.75) is 6.92 Å². The molecule has 0 aliphatic rings. The first-order chi connectivity index (χ1) is 43.5. The van der Waals surface area contributed by atoms with Crippen LogP contribution in [0.2, 0.25) is 0 Å². The summed E-state index contributed by atoms with van der Waals surface area (Å²) < 4.78 is 4.31. The Morgan fingerprint density at radius 3 is 1.04 bits per heavy atom. The van der Waals surface area contributed by atoms with Crippen LogP contribution in [-0.4, -0.2) is 9.13 Å². The van der Waals surface area contributed by atoms with Gasteiger partial charge in [-0.3, -0.25) is 0 Å². The van der Waals surface area contributed by atoms with Gasteiger partial charge in [-0.2, -0.15) is 21.0 Å². The van der Waals surface area contributed by atoms with Gasteiger partial charge in [0.1, 0.15) is 0 Å². The van der Waals surface area contributed by atoms with Crippen molar-refractivity contribution >= 4 is 77.7 Å². The summed E-state index contributed by atoms with van der Waals surface area (Å²) in [6.45, 7) is 50.3. The molecule has 0 aliphatic heterocycles. The second-order valence-electron chi connectivity index (χ2n) is 21.2. The van der Waals surface area contributed by atoms with E-state index in [2.05, 4.69) is 68.5 Å². The number of nitriles is 4. The third-order valence-electron chi connectivity index (χ3n) is 16.0. The molecule has 13 aromatic rings. The largest absolute Gasteiger partial charge is 0.309 e. The lowest BCUT2D eigenvalue weighted by Gasteiger charge is -2.20. The summed E-state index contributed by atoms with van der Waals surface area (Å²) in [7, 11) is 0. The van der Waals surface area contributed by atoms with Crippen LogP contribution in [-0.2, 0) is 0 Å². The number of fused-ring (bicyclic) bond motifs is 6. The molecule has 404 valence electrons. The standard InChI is InChI=1S/C77H36N12/c1-45-8-15-65(72(22-45)87-7)64-16-14-63(88-73-17-9-50(54-23-46(41-78)27-59(31-54)83-3)35-67(73)68-36-51(10-18-74(68)88)55-24-47(42-79)28-60(32-55)84-4)40-66(64)71-39-58(82-2)13-21-77(71)89-75-19-11-52(56-25-48(43-80)29-61(33-56)85-5)37-69(75)70-38-53(12-20-76(70)89)57-26-49(44-81)30-62(34-57)86-6/h8-40H,1H3. The van der Waals surface area contributed by atoms with Gasteiger partial charge in [0, 0.05) is 49.5 Å². The van der Waals surface area contributed by atoms with Gasteiger partial charge in [0.15, 0.2) is 34.1 Å². The number of aromatic nitrogens is 2. The maximum absolute atomic E-state index is 10.0. The summed E-state index contributed by atoms with van der Waals surface area (Å²) in [6.07, 6.45) is 0. The maximum Gasteiger partial charge on any atom is 0.195 e. The minimum absolute atomic E-state index is 0.321. The van der Waals surface area contributed by atoms with Crippen LogP contribution < -0.4 is 0 Å². The van der Waals surface area contributed by atoms with Crippen molar-refractivity contribution in [1.82, 2.24) is 9.13 Å². The van der Waals surface area contributed by atoms with Crippen LogP contribution in [0.1, 0.15) is 27.8 Å². The summed E-state index contributed by atoms with van der Waals surface area (Å²) in [5.74, 6) is 0. The summed E-state index contributed by atoms with van der Waals surface area (Å²) in [5.41, 5.74) is 17.5. The van der Waals surface area contributed by atoms with Gasteiger partial charge in [-0.05, 0) is 219 Å². The quantitative estimate of drug-likeness (QED) is 0.140. The molecule has 0 N–H and O–H groups in total. The molecule has 0 saturated heterocycles. The molecule has 0 unspecified atom stereocenters. The van der Waals surface area contributed by atoms with Crippen molar-refractivity contribution in [3.8, 4) is 102 Å². The Bertz CT molecular complexity index is 5390. The Morgan fingerprint density at radius 1 is 0.292 bits per heavy atom. The number of rotatable bonds is 8. The highest BCUT2D eigenvalue weighted by Crippen LogP contribution is 2.47. The molecular weight excluding hydrogens is 1090 g/mol. The van der Waals surface area contributed by atoms with Crippen molar-refractivity contribution < 1.29 is 0 Å². The van der Waals surface area contributed by atoms with E-state index >= 15 is 0 Å². The van der Waals surface area contributed by atoms with Gasteiger partial charge >= 0.3 is 0 Å². The highest BCUT2D eigenvalue weighted by atomic mass is 15.0. The zero-order valence-electron chi connectivity index (χ0n) is 46.9. The molecule has 12 heteroatoms. The van der Waals surface area contributed by atoms with E-state index in [4.69, 9.17) is 39.4 Å². The number of aryl methyl sites for hydroxylation is 1. The number of hydrogen-bond acceptors (Lipinski definition) is 4. The zero-order valence-corrected chi connectivity index (χ0v) is 46.9. The molecule has 0 spiro atoms. The van der Waals surface area contributed by atoms with Gasteiger partial charge in [-0.25, -0.2) is 29.1 Å². The fourth-order valence-electron chi connectivity index (χ4n) is 12.0. The van der Waals surface area contributed by atoms with E-state index < -0.39 is 0 Å². The third-order valence-corrected chi connectivity index (χ3v) is 16.0. The number of nitrogens with zero attached hydrogens (tertiary/aromatic N) is 12. The Morgan fingerprint density at radius 2 is 0.674 bits per heavy atom. The van der Waals surface area contributed by atoms with Crippen molar-refractivity contribution in [1.29, 1.82) is 21.0 Å². The number of hydrogen-bond donors (Lipinski definition) is 0. The first-order valence-electron chi connectivity index (χ1n) is 27.5. The second kappa shape index (κ2) is 21.9. The first kappa shape index (κ1) is 54.2. The normalized spacial score (nSPS) is 10.6. The molecule has 2 aromatic heterocycles. The van der Waals surface area contributed by atoms with Crippen LogP contribution >= 0.6 is 0 Å². The van der Waals surface area contributed by atoms with Crippen LogP contribution in [0.4, 0.5) is 34.1 Å². The number of benzene rings is 11. The molecule has 2 heterocycles. The SMILES string of the molecule is [C-]#[N+]c1cc(C#N)cc(-c2ccc3c(c2)c2cc(-c4cc(C#N)cc([N+]#[C-])c4)ccc2n3-c2ccc(-c3ccc(C)cc3[N+]#[C-])c(-c3cc([N+]#[C-])ccc3-n3c4ccc(-c5cc(C#N)cc([N+]#[C-])c5)cc4c4cc(-c5cc(C#N)cc([N+]#[C-])c5)ccc43)c2)c1. The zero-order chi connectivity index (χ0) is 61.6. The fourth-order valence-corrected chi connectivity index (χ4v) is 12.0. The van der Waals surface area contributed by atoms with Gasteiger partial charge in [0.25, 0.3) is 0 Å². The minimum Gasteiger partial charge on any atom is -0.309 e. The lowest BCUT2D eigenvalue weighted by atomic mass is 9.91. The molecule has 0 bridgehead atoms. The Balaban J connectivity index is 1.11. The van der Waals surface area contributed by atoms with Crippen LogP contribution in [0.15, 0.2) is 200 Å². The molecule has 0 saturated carbocycles. The van der Waals surface area contributed by atoms with Gasteiger partial charge in [-0.1, -0.05) is 60.2 Å². The Kier molecular flexibility index (Phi) is 13.3. The van der Waals surface area contributed by atoms with Crippen LogP contribution in [0.5, 0.6) is 0 Å². The molecule has 11 aromatic carbocycles. The topological polar surface area (TPSA) is 131 Å². The molecule has 89 heavy (non-hydrogen) atoms. The predicted molar refractivity (Wildman–Crippen MR) is 349 cm³/mol. The van der Waals surface area contributed by atoms with Gasteiger partial charge in [0.05, 0.1) is 91.5 Å².